The highest BCUT2D eigenvalue weighted by atomic mass is 16.5. The zero-order chi connectivity index (χ0) is 15.7. The Kier molecular flexibility index (Phi) is 3.34. The van der Waals surface area contributed by atoms with Crippen LogP contribution in [0.4, 0.5) is 0 Å². The maximum atomic E-state index is 11.0. The van der Waals surface area contributed by atoms with Crippen molar-refractivity contribution in [3.8, 4) is 28.6 Å². The molecule has 0 aliphatic heterocycles. The third-order valence-electron chi connectivity index (χ3n) is 3.23. The quantitative estimate of drug-likeness (QED) is 0.770. The van der Waals surface area contributed by atoms with E-state index in [1.54, 1.807) is 0 Å². The van der Waals surface area contributed by atoms with E-state index >= 15 is 0 Å². The molecule has 2 N–H and O–H groups in total. The molecule has 0 bridgehead atoms. The minimum absolute atomic E-state index is 0.135. The van der Waals surface area contributed by atoms with Gasteiger partial charge in [-0.1, -0.05) is 28.9 Å². The van der Waals surface area contributed by atoms with E-state index in [9.17, 15) is 9.90 Å². The van der Waals surface area contributed by atoms with E-state index in [1.807, 2.05) is 31.2 Å². The fraction of sp³-hybridized carbons (Fsp3) is 0.0625. The SMILES string of the molecule is Cc1ccc(-c2nc(-c3cccc(C(=O)O)c3O)no2)cc1. The number of phenols is 1. The van der Waals surface area contributed by atoms with Crippen LogP contribution in [0.1, 0.15) is 15.9 Å². The van der Waals surface area contributed by atoms with Crippen molar-refractivity contribution in [2.75, 3.05) is 0 Å². The summed E-state index contributed by atoms with van der Waals surface area (Å²) < 4.78 is 5.18. The molecule has 3 rings (SSSR count). The molecule has 6 nitrogen and oxygen atoms in total. The molecule has 0 saturated carbocycles. The van der Waals surface area contributed by atoms with Crippen LogP contribution in [0.5, 0.6) is 5.75 Å². The van der Waals surface area contributed by atoms with Gasteiger partial charge >= 0.3 is 5.97 Å². The molecule has 0 aliphatic rings. The Hall–Kier alpha value is -3.15. The number of hydrogen-bond donors (Lipinski definition) is 2. The second-order valence-electron chi connectivity index (χ2n) is 4.80. The van der Waals surface area contributed by atoms with Crippen LogP contribution >= 0.6 is 0 Å². The minimum atomic E-state index is -1.22. The first-order valence-electron chi connectivity index (χ1n) is 6.52. The number of aryl methyl sites for hydroxylation is 1. The van der Waals surface area contributed by atoms with Gasteiger partial charge in [-0.15, -0.1) is 0 Å². The number of rotatable bonds is 3. The Morgan fingerprint density at radius 1 is 1.14 bits per heavy atom. The van der Waals surface area contributed by atoms with Gasteiger partial charge in [-0.3, -0.25) is 0 Å². The van der Waals surface area contributed by atoms with Crippen molar-refractivity contribution < 1.29 is 19.5 Å². The molecule has 22 heavy (non-hydrogen) atoms. The number of nitrogens with zero attached hydrogens (tertiary/aromatic N) is 2. The lowest BCUT2D eigenvalue weighted by Crippen LogP contribution is -1.97. The molecular formula is C16H12N2O4. The maximum Gasteiger partial charge on any atom is 0.339 e. The van der Waals surface area contributed by atoms with Crippen molar-refractivity contribution in [2.24, 2.45) is 0 Å². The van der Waals surface area contributed by atoms with E-state index in [4.69, 9.17) is 9.63 Å². The molecule has 0 atom stereocenters. The number of carboxylic acid groups (broad SMARTS) is 1. The molecule has 1 aromatic heterocycles. The van der Waals surface area contributed by atoms with Gasteiger partial charge in [0.25, 0.3) is 5.89 Å². The smallest absolute Gasteiger partial charge is 0.339 e. The molecule has 0 aliphatic carbocycles. The molecule has 110 valence electrons. The monoisotopic (exact) mass is 296 g/mol. The summed E-state index contributed by atoms with van der Waals surface area (Å²) in [5.41, 5.74) is 1.86. The van der Waals surface area contributed by atoms with Crippen LogP contribution in [0.15, 0.2) is 47.0 Å². The van der Waals surface area contributed by atoms with Crippen LogP contribution in [-0.2, 0) is 0 Å². The van der Waals surface area contributed by atoms with Gasteiger partial charge in [0.15, 0.2) is 0 Å². The Bertz CT molecular complexity index is 838. The van der Waals surface area contributed by atoms with Gasteiger partial charge in [0.2, 0.25) is 5.82 Å². The predicted octanol–water partition coefficient (Wildman–Crippen LogP) is 3.12. The Balaban J connectivity index is 2.03. The highest BCUT2D eigenvalue weighted by Gasteiger charge is 2.18. The largest absolute Gasteiger partial charge is 0.506 e. The third kappa shape index (κ3) is 2.42. The first kappa shape index (κ1) is 13.8. The maximum absolute atomic E-state index is 11.0. The number of aromatic carboxylic acids is 1. The van der Waals surface area contributed by atoms with E-state index in [2.05, 4.69) is 10.1 Å². The summed E-state index contributed by atoms with van der Waals surface area (Å²) in [6.45, 7) is 1.97. The van der Waals surface area contributed by atoms with Crippen LogP contribution in [0.25, 0.3) is 22.8 Å². The van der Waals surface area contributed by atoms with Crippen molar-refractivity contribution in [3.05, 3.63) is 53.6 Å². The summed E-state index contributed by atoms with van der Waals surface area (Å²) in [6, 6.07) is 11.9. The first-order valence-corrected chi connectivity index (χ1v) is 6.52. The molecule has 0 saturated heterocycles. The van der Waals surface area contributed by atoms with Crippen molar-refractivity contribution in [1.29, 1.82) is 0 Å². The van der Waals surface area contributed by atoms with Gasteiger partial charge in [0, 0.05) is 5.56 Å². The van der Waals surface area contributed by atoms with E-state index in [1.165, 1.54) is 18.2 Å². The molecule has 2 aromatic carbocycles. The van der Waals surface area contributed by atoms with Gasteiger partial charge in [-0.05, 0) is 31.2 Å². The van der Waals surface area contributed by atoms with Gasteiger partial charge in [0.05, 0.1) is 5.56 Å². The molecule has 0 amide bonds. The summed E-state index contributed by atoms with van der Waals surface area (Å²) in [6.07, 6.45) is 0. The number of aromatic hydroxyl groups is 1. The zero-order valence-corrected chi connectivity index (χ0v) is 11.6. The van der Waals surface area contributed by atoms with E-state index in [-0.39, 0.29) is 22.7 Å². The topological polar surface area (TPSA) is 96.5 Å². The van der Waals surface area contributed by atoms with E-state index < -0.39 is 5.97 Å². The second kappa shape index (κ2) is 5.33. The van der Waals surface area contributed by atoms with E-state index in [0.717, 1.165) is 11.1 Å². The molecule has 0 radical (unpaired) electrons. The summed E-state index contributed by atoms with van der Waals surface area (Å²) in [7, 11) is 0. The molecule has 1 heterocycles. The average Bonchev–Trinajstić information content (AvgIpc) is 2.97. The lowest BCUT2D eigenvalue weighted by molar-refractivity contribution is 0.0694. The van der Waals surface area contributed by atoms with Crippen LogP contribution in [0.2, 0.25) is 0 Å². The molecule has 6 heteroatoms. The standard InChI is InChI=1S/C16H12N2O4/c1-9-5-7-10(8-6-9)15-17-14(18-22-15)11-3-2-4-12(13(11)19)16(20)21/h2-8,19H,1H3,(H,20,21). The van der Waals surface area contributed by atoms with Gasteiger partial charge in [-0.25, -0.2) is 4.79 Å². The highest BCUT2D eigenvalue weighted by molar-refractivity contribution is 5.93. The molecule has 0 spiro atoms. The van der Waals surface area contributed by atoms with Crippen molar-refractivity contribution in [1.82, 2.24) is 10.1 Å². The molecule has 0 fully saturated rings. The third-order valence-corrected chi connectivity index (χ3v) is 3.23. The summed E-state index contributed by atoms with van der Waals surface area (Å²) in [5.74, 6) is -1.17. The van der Waals surface area contributed by atoms with Gasteiger partial charge in [0.1, 0.15) is 11.3 Å². The molecule has 0 unspecified atom stereocenters. The second-order valence-corrected chi connectivity index (χ2v) is 4.80. The number of hydrogen-bond acceptors (Lipinski definition) is 5. The number of aromatic nitrogens is 2. The normalized spacial score (nSPS) is 10.6. The Morgan fingerprint density at radius 2 is 1.86 bits per heavy atom. The Labute approximate surface area is 125 Å². The van der Waals surface area contributed by atoms with Crippen LogP contribution in [0, 0.1) is 6.92 Å². The Morgan fingerprint density at radius 3 is 2.55 bits per heavy atom. The van der Waals surface area contributed by atoms with Crippen molar-refractivity contribution in [2.45, 2.75) is 6.92 Å². The average molecular weight is 296 g/mol. The van der Waals surface area contributed by atoms with Crippen molar-refractivity contribution >= 4 is 5.97 Å². The van der Waals surface area contributed by atoms with Crippen LogP contribution < -0.4 is 0 Å². The first-order chi connectivity index (χ1) is 10.6. The number of carbonyl (C=O) groups is 1. The fourth-order valence-electron chi connectivity index (χ4n) is 2.04. The van der Waals surface area contributed by atoms with Crippen LogP contribution in [0.3, 0.4) is 0 Å². The number of benzene rings is 2. The number of para-hydroxylation sites is 1. The summed E-state index contributed by atoms with van der Waals surface area (Å²) in [5, 5.41) is 22.9. The zero-order valence-electron chi connectivity index (χ0n) is 11.6. The fourth-order valence-corrected chi connectivity index (χ4v) is 2.04. The predicted molar refractivity (Wildman–Crippen MR) is 78.5 cm³/mol. The van der Waals surface area contributed by atoms with E-state index in [0.29, 0.717) is 5.89 Å². The number of carboxylic acids is 1. The van der Waals surface area contributed by atoms with Crippen LogP contribution in [-0.4, -0.2) is 26.3 Å². The van der Waals surface area contributed by atoms with Gasteiger partial charge in [-0.2, -0.15) is 4.98 Å². The summed E-state index contributed by atoms with van der Waals surface area (Å²) in [4.78, 5) is 15.3. The molecular weight excluding hydrogens is 284 g/mol. The lowest BCUT2D eigenvalue weighted by Gasteiger charge is -2.02. The minimum Gasteiger partial charge on any atom is -0.506 e. The van der Waals surface area contributed by atoms with Crippen molar-refractivity contribution in [3.63, 3.8) is 0 Å². The molecule has 3 aromatic rings. The summed E-state index contributed by atoms with van der Waals surface area (Å²) >= 11 is 0. The lowest BCUT2D eigenvalue weighted by atomic mass is 10.1. The van der Waals surface area contributed by atoms with Gasteiger partial charge < -0.3 is 14.7 Å². The highest BCUT2D eigenvalue weighted by Crippen LogP contribution is 2.31.